The Labute approximate surface area is 200 Å². The second-order valence-electron chi connectivity index (χ2n) is 9.25. The molecule has 3 rings (SSSR count). The van der Waals surface area contributed by atoms with E-state index in [1.54, 1.807) is 29.2 Å². The number of aliphatic hydroxyl groups is 2. The van der Waals surface area contributed by atoms with Crippen LogP contribution in [0, 0.1) is 5.82 Å². The van der Waals surface area contributed by atoms with E-state index in [1.807, 2.05) is 13.8 Å². The molecule has 2 atom stereocenters. The monoisotopic (exact) mass is 468 g/mol. The molecule has 1 aromatic carbocycles. The molecule has 6 nitrogen and oxygen atoms in total. The topological polar surface area (TPSA) is 90.7 Å². The van der Waals surface area contributed by atoms with Crippen molar-refractivity contribution in [3.05, 3.63) is 53.0 Å². The predicted molar refractivity (Wildman–Crippen MR) is 131 cm³/mol. The van der Waals surface area contributed by atoms with Gasteiger partial charge in [-0.05, 0) is 48.9 Å². The van der Waals surface area contributed by atoms with Gasteiger partial charge in [-0.3, -0.25) is 14.5 Å². The van der Waals surface area contributed by atoms with Crippen LogP contribution in [-0.2, 0) is 16.0 Å². The van der Waals surface area contributed by atoms with E-state index in [4.69, 9.17) is 4.98 Å². The number of halogens is 1. The zero-order chi connectivity index (χ0) is 25.0. The van der Waals surface area contributed by atoms with Crippen LogP contribution in [0.4, 0.5) is 10.2 Å². The molecule has 2 N–H and O–H groups in total. The second kappa shape index (κ2) is 11.0. The minimum Gasteiger partial charge on any atom is -0.393 e. The number of nitrogens with zero attached hydrogens (tertiary/aromatic N) is 2. The fraction of sp³-hybridized carbons (Fsp3) is 0.444. The number of anilines is 1. The standard InChI is InChI=1S/C27H33FN2O4/c1-16(2)26-23(12-11-21(33)15-22(34)14-17(3)31)25(19-7-9-20(28)10-8-19)24-6-5-13-30(18(4)32)27(24)29-26/h7-12,16,21-22,33-34H,5-6,13-15H2,1-4H3/b12-11+/t21-,22+/m1/s1. The summed E-state index contributed by atoms with van der Waals surface area (Å²) >= 11 is 0. The normalized spacial score (nSPS) is 15.5. The van der Waals surface area contributed by atoms with Gasteiger partial charge in [0.05, 0.1) is 17.9 Å². The van der Waals surface area contributed by atoms with E-state index in [-0.39, 0.29) is 36.3 Å². The van der Waals surface area contributed by atoms with Gasteiger partial charge < -0.3 is 10.2 Å². The Morgan fingerprint density at radius 3 is 2.44 bits per heavy atom. The van der Waals surface area contributed by atoms with Crippen LogP contribution >= 0.6 is 0 Å². The molecule has 0 radical (unpaired) electrons. The van der Waals surface area contributed by atoms with Crippen LogP contribution in [0.25, 0.3) is 17.2 Å². The molecule has 34 heavy (non-hydrogen) atoms. The molecule has 0 unspecified atom stereocenters. The summed E-state index contributed by atoms with van der Waals surface area (Å²) in [5.41, 5.74) is 4.15. The first-order valence-corrected chi connectivity index (χ1v) is 11.7. The Bertz CT molecular complexity index is 1080. The first kappa shape index (κ1) is 25.7. The van der Waals surface area contributed by atoms with Gasteiger partial charge in [0.1, 0.15) is 17.4 Å². The lowest BCUT2D eigenvalue weighted by Crippen LogP contribution is -2.35. The summed E-state index contributed by atoms with van der Waals surface area (Å²) in [6.45, 7) is 7.54. The molecular weight excluding hydrogens is 435 g/mol. The molecule has 2 aromatic rings. The molecule has 0 fully saturated rings. The number of carbonyl (C=O) groups excluding carboxylic acids is 2. The van der Waals surface area contributed by atoms with E-state index < -0.39 is 12.2 Å². The number of rotatable bonds is 8. The number of hydrogen-bond acceptors (Lipinski definition) is 5. The van der Waals surface area contributed by atoms with E-state index in [2.05, 4.69) is 0 Å². The van der Waals surface area contributed by atoms with Gasteiger partial charge in [0.2, 0.25) is 5.91 Å². The number of fused-ring (bicyclic) bond motifs is 1. The first-order chi connectivity index (χ1) is 16.1. The van der Waals surface area contributed by atoms with Gasteiger partial charge in [-0.15, -0.1) is 0 Å². The van der Waals surface area contributed by atoms with Crippen LogP contribution in [0.2, 0.25) is 0 Å². The van der Waals surface area contributed by atoms with Gasteiger partial charge in [0.25, 0.3) is 0 Å². The highest BCUT2D eigenvalue weighted by molar-refractivity contribution is 5.94. The third-order valence-electron chi connectivity index (χ3n) is 5.99. The number of aliphatic hydroxyl groups excluding tert-OH is 2. The summed E-state index contributed by atoms with van der Waals surface area (Å²) in [5, 5.41) is 20.5. The maximum Gasteiger partial charge on any atom is 0.225 e. The highest BCUT2D eigenvalue weighted by Gasteiger charge is 2.28. The van der Waals surface area contributed by atoms with Crippen molar-refractivity contribution in [2.75, 3.05) is 11.4 Å². The minimum atomic E-state index is -0.958. The van der Waals surface area contributed by atoms with Crippen molar-refractivity contribution in [1.29, 1.82) is 0 Å². The van der Waals surface area contributed by atoms with Crippen LogP contribution in [0.5, 0.6) is 0 Å². The van der Waals surface area contributed by atoms with Gasteiger partial charge in [-0.25, -0.2) is 9.37 Å². The van der Waals surface area contributed by atoms with Crippen molar-refractivity contribution in [3.63, 3.8) is 0 Å². The zero-order valence-corrected chi connectivity index (χ0v) is 20.2. The molecule has 2 heterocycles. The van der Waals surface area contributed by atoms with Gasteiger partial charge in [-0.1, -0.05) is 38.1 Å². The maximum absolute atomic E-state index is 13.7. The number of amides is 1. The molecule has 1 amide bonds. The summed E-state index contributed by atoms with van der Waals surface area (Å²) in [6, 6.07) is 6.24. The number of Topliss-reactive ketones (excluding diaryl/α,β-unsaturated/α-hetero) is 1. The number of benzene rings is 1. The van der Waals surface area contributed by atoms with Gasteiger partial charge in [-0.2, -0.15) is 0 Å². The van der Waals surface area contributed by atoms with Crippen LogP contribution in [-0.4, -0.2) is 45.6 Å². The quantitative estimate of drug-likeness (QED) is 0.599. The van der Waals surface area contributed by atoms with Crippen molar-refractivity contribution in [3.8, 4) is 11.1 Å². The van der Waals surface area contributed by atoms with Crippen LogP contribution in [0.15, 0.2) is 30.3 Å². The average Bonchev–Trinajstić information content (AvgIpc) is 2.76. The fourth-order valence-electron chi connectivity index (χ4n) is 4.47. The zero-order valence-electron chi connectivity index (χ0n) is 20.2. The van der Waals surface area contributed by atoms with Crippen molar-refractivity contribution >= 4 is 23.6 Å². The number of hydrogen-bond donors (Lipinski definition) is 2. The molecular formula is C27H33FN2O4. The van der Waals surface area contributed by atoms with E-state index >= 15 is 0 Å². The first-order valence-electron chi connectivity index (χ1n) is 11.7. The van der Waals surface area contributed by atoms with E-state index in [1.165, 1.54) is 26.0 Å². The summed E-state index contributed by atoms with van der Waals surface area (Å²) in [5.74, 6) is 0.0921. The minimum absolute atomic E-state index is 0.00967. The lowest BCUT2D eigenvalue weighted by atomic mass is 9.87. The molecule has 1 aliphatic rings. The van der Waals surface area contributed by atoms with Crippen molar-refractivity contribution in [2.24, 2.45) is 0 Å². The average molecular weight is 469 g/mol. The Morgan fingerprint density at radius 2 is 1.85 bits per heavy atom. The Balaban J connectivity index is 2.16. The van der Waals surface area contributed by atoms with Crippen molar-refractivity contribution in [2.45, 2.75) is 71.5 Å². The molecule has 0 saturated heterocycles. The van der Waals surface area contributed by atoms with Crippen molar-refractivity contribution < 1.29 is 24.2 Å². The smallest absolute Gasteiger partial charge is 0.225 e. The molecule has 1 aromatic heterocycles. The highest BCUT2D eigenvalue weighted by atomic mass is 19.1. The second-order valence-corrected chi connectivity index (χ2v) is 9.25. The maximum atomic E-state index is 13.7. The van der Waals surface area contributed by atoms with Crippen LogP contribution < -0.4 is 4.90 Å². The molecule has 7 heteroatoms. The highest BCUT2D eigenvalue weighted by Crippen LogP contribution is 2.40. The number of ketones is 1. The summed E-state index contributed by atoms with van der Waals surface area (Å²) in [4.78, 5) is 30.2. The lowest BCUT2D eigenvalue weighted by Gasteiger charge is -2.31. The van der Waals surface area contributed by atoms with Crippen LogP contribution in [0.3, 0.4) is 0 Å². The molecule has 0 aliphatic carbocycles. The fourth-order valence-corrected chi connectivity index (χ4v) is 4.47. The third-order valence-corrected chi connectivity index (χ3v) is 5.99. The molecule has 0 spiro atoms. The lowest BCUT2D eigenvalue weighted by molar-refractivity contribution is -0.119. The van der Waals surface area contributed by atoms with E-state index in [0.29, 0.717) is 12.4 Å². The Morgan fingerprint density at radius 1 is 1.18 bits per heavy atom. The SMILES string of the molecule is CC(=O)C[C@H](O)C[C@H](O)/C=C/c1c(C(C)C)nc2c(c1-c1ccc(F)cc1)CCCN2C(C)=O. The van der Waals surface area contributed by atoms with Crippen LogP contribution in [0.1, 0.15) is 69.7 Å². The Hall–Kier alpha value is -2.90. The van der Waals surface area contributed by atoms with Crippen molar-refractivity contribution in [1.82, 2.24) is 4.98 Å². The molecule has 0 saturated carbocycles. The van der Waals surface area contributed by atoms with Gasteiger partial charge in [0.15, 0.2) is 0 Å². The van der Waals surface area contributed by atoms with E-state index in [0.717, 1.165) is 40.8 Å². The summed E-state index contributed by atoms with van der Waals surface area (Å²) in [7, 11) is 0. The van der Waals surface area contributed by atoms with E-state index in [9.17, 15) is 24.2 Å². The number of pyridine rings is 1. The molecule has 0 bridgehead atoms. The number of carbonyl (C=O) groups is 2. The van der Waals surface area contributed by atoms with Gasteiger partial charge >= 0.3 is 0 Å². The molecule has 182 valence electrons. The third kappa shape index (κ3) is 5.96. The predicted octanol–water partition coefficient (Wildman–Crippen LogP) is 4.41. The summed E-state index contributed by atoms with van der Waals surface area (Å²) in [6.07, 6.45) is 3.03. The Kier molecular flexibility index (Phi) is 8.33. The summed E-state index contributed by atoms with van der Waals surface area (Å²) < 4.78 is 13.7. The largest absolute Gasteiger partial charge is 0.393 e. The molecule has 1 aliphatic heterocycles. The van der Waals surface area contributed by atoms with Gasteiger partial charge in [0, 0.05) is 37.4 Å². The number of aromatic nitrogens is 1.